The van der Waals surface area contributed by atoms with E-state index in [9.17, 15) is 4.79 Å². The molecule has 8 heteroatoms. The summed E-state index contributed by atoms with van der Waals surface area (Å²) >= 11 is 0. The van der Waals surface area contributed by atoms with Gasteiger partial charge >= 0.3 is 0 Å². The predicted molar refractivity (Wildman–Crippen MR) is 98.0 cm³/mol. The lowest BCUT2D eigenvalue weighted by atomic mass is 9.97. The second kappa shape index (κ2) is 7.30. The first-order valence-corrected chi connectivity index (χ1v) is 9.23. The molecule has 8 nitrogen and oxygen atoms in total. The summed E-state index contributed by atoms with van der Waals surface area (Å²) in [5.74, 6) is 1.17. The standard InChI is InChI=1S/C19H22N6O2/c1-3-25-13(2)16(11-21-25)19(26)24-9-5-7-15(12-24)18-22-17(23-27-18)14-6-4-8-20-10-14/h4,6,8,10-11,15H,3,5,7,9,12H2,1-2H3. The highest BCUT2D eigenvalue weighted by Gasteiger charge is 2.30. The number of aromatic nitrogens is 5. The molecule has 1 saturated heterocycles. The third-order valence-electron chi connectivity index (χ3n) is 5.05. The summed E-state index contributed by atoms with van der Waals surface area (Å²) in [4.78, 5) is 23.4. The molecule has 3 aromatic heterocycles. The van der Waals surface area contributed by atoms with Crippen molar-refractivity contribution in [2.24, 2.45) is 0 Å². The van der Waals surface area contributed by atoms with Crippen LogP contribution in [-0.4, -0.2) is 48.8 Å². The number of rotatable bonds is 4. The molecule has 0 N–H and O–H groups in total. The van der Waals surface area contributed by atoms with E-state index < -0.39 is 0 Å². The maximum atomic E-state index is 13.0. The largest absolute Gasteiger partial charge is 0.339 e. The molecule has 1 unspecified atom stereocenters. The van der Waals surface area contributed by atoms with Crippen LogP contribution in [0.4, 0.5) is 0 Å². The van der Waals surface area contributed by atoms with Crippen molar-refractivity contribution < 1.29 is 9.32 Å². The molecule has 1 fully saturated rings. The second-order valence-electron chi connectivity index (χ2n) is 6.75. The predicted octanol–water partition coefficient (Wildman–Crippen LogP) is 2.68. The van der Waals surface area contributed by atoms with E-state index in [1.807, 2.05) is 35.6 Å². The molecule has 1 amide bonds. The van der Waals surface area contributed by atoms with Gasteiger partial charge in [-0.25, -0.2) is 0 Å². The summed E-state index contributed by atoms with van der Waals surface area (Å²) in [5, 5.41) is 8.36. The zero-order valence-corrected chi connectivity index (χ0v) is 15.5. The smallest absolute Gasteiger partial charge is 0.257 e. The Morgan fingerprint density at radius 1 is 1.37 bits per heavy atom. The van der Waals surface area contributed by atoms with Crippen LogP contribution in [0.5, 0.6) is 0 Å². The quantitative estimate of drug-likeness (QED) is 0.705. The maximum Gasteiger partial charge on any atom is 0.257 e. The molecule has 1 aliphatic rings. The van der Waals surface area contributed by atoms with E-state index in [0.717, 1.165) is 37.2 Å². The Morgan fingerprint density at radius 2 is 2.26 bits per heavy atom. The van der Waals surface area contributed by atoms with Crippen LogP contribution in [0.1, 0.15) is 47.6 Å². The zero-order valence-electron chi connectivity index (χ0n) is 15.5. The molecule has 1 aliphatic heterocycles. The number of likely N-dealkylation sites (tertiary alicyclic amines) is 1. The Morgan fingerprint density at radius 3 is 3.00 bits per heavy atom. The lowest BCUT2D eigenvalue weighted by Crippen LogP contribution is -2.39. The van der Waals surface area contributed by atoms with Crippen molar-refractivity contribution in [3.8, 4) is 11.4 Å². The van der Waals surface area contributed by atoms with Crippen molar-refractivity contribution in [3.63, 3.8) is 0 Å². The molecule has 140 valence electrons. The van der Waals surface area contributed by atoms with E-state index in [0.29, 0.717) is 23.8 Å². The molecular formula is C19H22N6O2. The molecular weight excluding hydrogens is 344 g/mol. The van der Waals surface area contributed by atoms with E-state index >= 15 is 0 Å². The van der Waals surface area contributed by atoms with Crippen molar-refractivity contribution >= 4 is 5.91 Å². The van der Waals surface area contributed by atoms with Gasteiger partial charge in [-0.3, -0.25) is 14.5 Å². The number of nitrogens with zero attached hydrogens (tertiary/aromatic N) is 6. The van der Waals surface area contributed by atoms with Gasteiger partial charge in [0.25, 0.3) is 5.91 Å². The number of hydrogen-bond acceptors (Lipinski definition) is 6. The molecule has 0 bridgehead atoms. The monoisotopic (exact) mass is 366 g/mol. The molecule has 0 radical (unpaired) electrons. The average molecular weight is 366 g/mol. The van der Waals surface area contributed by atoms with E-state index in [2.05, 4.69) is 20.2 Å². The minimum Gasteiger partial charge on any atom is -0.339 e. The van der Waals surface area contributed by atoms with Gasteiger partial charge in [-0.1, -0.05) is 5.16 Å². The van der Waals surface area contributed by atoms with Gasteiger partial charge in [-0.15, -0.1) is 0 Å². The van der Waals surface area contributed by atoms with E-state index in [1.54, 1.807) is 18.6 Å². The summed E-state index contributed by atoms with van der Waals surface area (Å²) in [6.45, 7) is 6.00. The number of amides is 1. The molecule has 3 aromatic rings. The summed E-state index contributed by atoms with van der Waals surface area (Å²) in [6, 6.07) is 3.73. The van der Waals surface area contributed by atoms with Crippen LogP contribution in [0, 0.1) is 6.92 Å². The topological polar surface area (TPSA) is 89.9 Å². The Bertz CT molecular complexity index is 933. The molecule has 0 saturated carbocycles. The summed E-state index contributed by atoms with van der Waals surface area (Å²) < 4.78 is 7.33. The number of carbonyl (C=O) groups is 1. The van der Waals surface area contributed by atoms with Gasteiger partial charge in [0.1, 0.15) is 0 Å². The Kier molecular flexibility index (Phi) is 4.70. The van der Waals surface area contributed by atoms with Gasteiger partial charge in [-0.05, 0) is 38.8 Å². The number of piperidine rings is 1. The highest BCUT2D eigenvalue weighted by atomic mass is 16.5. The van der Waals surface area contributed by atoms with E-state index in [4.69, 9.17) is 4.52 Å². The molecule has 0 aromatic carbocycles. The minimum atomic E-state index is 0.0175. The fourth-order valence-corrected chi connectivity index (χ4v) is 3.52. The average Bonchev–Trinajstić information content (AvgIpc) is 3.35. The minimum absolute atomic E-state index is 0.0175. The molecule has 1 atom stereocenters. The van der Waals surface area contributed by atoms with Gasteiger partial charge in [0.2, 0.25) is 11.7 Å². The van der Waals surface area contributed by atoms with Crippen molar-refractivity contribution in [2.45, 2.75) is 39.2 Å². The second-order valence-corrected chi connectivity index (χ2v) is 6.75. The number of pyridine rings is 1. The Balaban J connectivity index is 1.51. The van der Waals surface area contributed by atoms with Crippen LogP contribution in [0.2, 0.25) is 0 Å². The fraction of sp³-hybridized carbons (Fsp3) is 0.421. The van der Waals surface area contributed by atoms with E-state index in [1.165, 1.54) is 0 Å². The fourth-order valence-electron chi connectivity index (χ4n) is 3.52. The molecule has 0 spiro atoms. The van der Waals surface area contributed by atoms with Crippen LogP contribution >= 0.6 is 0 Å². The van der Waals surface area contributed by atoms with Crippen LogP contribution in [0.25, 0.3) is 11.4 Å². The lowest BCUT2D eigenvalue weighted by Gasteiger charge is -2.31. The number of aryl methyl sites for hydroxylation is 1. The maximum absolute atomic E-state index is 13.0. The SMILES string of the molecule is CCn1ncc(C(=O)N2CCCC(c3nc(-c4cccnc4)no3)C2)c1C. The van der Waals surface area contributed by atoms with Gasteiger partial charge in [0.15, 0.2) is 0 Å². The van der Waals surface area contributed by atoms with Crippen LogP contribution in [-0.2, 0) is 6.54 Å². The normalized spacial score (nSPS) is 17.3. The third kappa shape index (κ3) is 3.34. The summed E-state index contributed by atoms with van der Waals surface area (Å²) in [6.07, 6.45) is 6.91. The van der Waals surface area contributed by atoms with Gasteiger partial charge in [-0.2, -0.15) is 10.1 Å². The zero-order chi connectivity index (χ0) is 18.8. The number of carbonyl (C=O) groups excluding carboxylic acids is 1. The van der Waals surface area contributed by atoms with E-state index in [-0.39, 0.29) is 11.8 Å². The molecule has 4 heterocycles. The van der Waals surface area contributed by atoms with Gasteiger partial charge < -0.3 is 9.42 Å². The summed E-state index contributed by atoms with van der Waals surface area (Å²) in [5.41, 5.74) is 2.39. The third-order valence-corrected chi connectivity index (χ3v) is 5.05. The number of hydrogen-bond donors (Lipinski definition) is 0. The molecule has 27 heavy (non-hydrogen) atoms. The van der Waals surface area contributed by atoms with Crippen molar-refractivity contribution in [1.82, 2.24) is 29.8 Å². The lowest BCUT2D eigenvalue weighted by molar-refractivity contribution is 0.0694. The highest BCUT2D eigenvalue weighted by Crippen LogP contribution is 2.28. The molecule has 0 aliphatic carbocycles. The first kappa shape index (κ1) is 17.4. The van der Waals surface area contributed by atoms with Crippen molar-refractivity contribution in [1.29, 1.82) is 0 Å². The molecule has 4 rings (SSSR count). The van der Waals surface area contributed by atoms with Crippen LogP contribution < -0.4 is 0 Å². The van der Waals surface area contributed by atoms with Crippen molar-refractivity contribution in [3.05, 3.63) is 47.9 Å². The van der Waals surface area contributed by atoms with Crippen molar-refractivity contribution in [2.75, 3.05) is 13.1 Å². The van der Waals surface area contributed by atoms with Gasteiger partial charge in [0, 0.05) is 43.3 Å². The Hall–Kier alpha value is -3.03. The first-order chi connectivity index (χ1) is 13.2. The first-order valence-electron chi connectivity index (χ1n) is 9.23. The van der Waals surface area contributed by atoms with Crippen LogP contribution in [0.3, 0.4) is 0 Å². The highest BCUT2D eigenvalue weighted by molar-refractivity contribution is 5.95. The summed E-state index contributed by atoms with van der Waals surface area (Å²) in [7, 11) is 0. The van der Waals surface area contributed by atoms with Crippen LogP contribution in [0.15, 0.2) is 35.2 Å². The Labute approximate surface area is 157 Å². The van der Waals surface area contributed by atoms with Gasteiger partial charge in [0.05, 0.1) is 17.7 Å².